The highest BCUT2D eigenvalue weighted by Crippen LogP contribution is 2.31. The van der Waals surface area contributed by atoms with Crippen molar-refractivity contribution in [1.29, 1.82) is 0 Å². The van der Waals surface area contributed by atoms with Crippen LogP contribution < -0.4 is 5.73 Å². The van der Waals surface area contributed by atoms with E-state index in [1.807, 2.05) is 13.8 Å². The molecule has 0 aromatic carbocycles. The standard InChI is InChI=1S/C13H18BrN3S/c1-7-9(3)16-17(10(7)4)13(8(2)15)12-5-11(14)6-18-12/h5-6,8,13H,15H2,1-4H3. The molecule has 2 heterocycles. The first kappa shape index (κ1) is 13.8. The first-order chi connectivity index (χ1) is 8.41. The fourth-order valence-corrected chi connectivity index (χ4v) is 3.75. The summed E-state index contributed by atoms with van der Waals surface area (Å²) < 4.78 is 3.17. The fourth-order valence-electron chi connectivity index (χ4n) is 2.10. The summed E-state index contributed by atoms with van der Waals surface area (Å²) in [6, 6.07) is 2.26. The van der Waals surface area contributed by atoms with Gasteiger partial charge >= 0.3 is 0 Å². The van der Waals surface area contributed by atoms with E-state index in [0.29, 0.717) is 0 Å². The second-order valence-electron chi connectivity index (χ2n) is 4.71. The second kappa shape index (κ2) is 5.15. The molecule has 2 rings (SSSR count). The predicted molar refractivity (Wildman–Crippen MR) is 80.2 cm³/mol. The molecule has 2 unspecified atom stereocenters. The third kappa shape index (κ3) is 2.39. The van der Waals surface area contributed by atoms with Gasteiger partial charge in [-0.2, -0.15) is 5.10 Å². The number of aromatic nitrogens is 2. The molecule has 98 valence electrons. The number of thiophene rings is 1. The quantitative estimate of drug-likeness (QED) is 0.936. The fraction of sp³-hybridized carbons (Fsp3) is 0.462. The first-order valence-corrected chi connectivity index (χ1v) is 7.61. The highest BCUT2D eigenvalue weighted by molar-refractivity contribution is 9.10. The number of nitrogens with zero attached hydrogens (tertiary/aromatic N) is 2. The van der Waals surface area contributed by atoms with E-state index in [1.54, 1.807) is 11.3 Å². The Hall–Kier alpha value is -0.650. The number of hydrogen-bond donors (Lipinski definition) is 1. The maximum atomic E-state index is 6.17. The van der Waals surface area contributed by atoms with Crippen LogP contribution in [0.15, 0.2) is 15.9 Å². The van der Waals surface area contributed by atoms with Gasteiger partial charge in [-0.15, -0.1) is 11.3 Å². The molecule has 0 aliphatic carbocycles. The van der Waals surface area contributed by atoms with Crippen LogP contribution in [0.25, 0.3) is 0 Å². The zero-order valence-electron chi connectivity index (χ0n) is 11.1. The van der Waals surface area contributed by atoms with E-state index in [0.717, 1.165) is 10.2 Å². The van der Waals surface area contributed by atoms with Crippen molar-refractivity contribution in [1.82, 2.24) is 9.78 Å². The smallest absolute Gasteiger partial charge is 0.101 e. The summed E-state index contributed by atoms with van der Waals surface area (Å²) in [5, 5.41) is 6.73. The van der Waals surface area contributed by atoms with Crippen LogP contribution in [-0.2, 0) is 0 Å². The molecule has 2 aromatic rings. The van der Waals surface area contributed by atoms with Crippen molar-refractivity contribution in [3.63, 3.8) is 0 Å². The highest BCUT2D eigenvalue weighted by atomic mass is 79.9. The van der Waals surface area contributed by atoms with Crippen LogP contribution in [0.2, 0.25) is 0 Å². The number of nitrogens with two attached hydrogens (primary N) is 1. The Kier molecular flexibility index (Phi) is 3.94. The molecule has 0 amide bonds. The van der Waals surface area contributed by atoms with Gasteiger partial charge in [-0.05, 0) is 55.3 Å². The van der Waals surface area contributed by atoms with Gasteiger partial charge < -0.3 is 5.73 Å². The lowest BCUT2D eigenvalue weighted by atomic mass is 10.1. The zero-order valence-corrected chi connectivity index (χ0v) is 13.5. The van der Waals surface area contributed by atoms with Crippen molar-refractivity contribution in [2.45, 2.75) is 39.8 Å². The minimum atomic E-state index is 0.0212. The minimum absolute atomic E-state index is 0.0212. The molecule has 18 heavy (non-hydrogen) atoms. The van der Waals surface area contributed by atoms with Crippen molar-refractivity contribution >= 4 is 27.3 Å². The SMILES string of the molecule is Cc1nn(C(c2cc(Br)cs2)C(C)N)c(C)c1C. The van der Waals surface area contributed by atoms with Gasteiger partial charge in [0.25, 0.3) is 0 Å². The summed E-state index contributed by atoms with van der Waals surface area (Å²) in [6.45, 7) is 8.29. The largest absolute Gasteiger partial charge is 0.326 e. The van der Waals surface area contributed by atoms with Crippen molar-refractivity contribution in [2.24, 2.45) is 5.73 Å². The van der Waals surface area contributed by atoms with Gasteiger partial charge in [0.1, 0.15) is 6.04 Å². The van der Waals surface area contributed by atoms with Gasteiger partial charge in [0.05, 0.1) is 5.69 Å². The van der Waals surface area contributed by atoms with Crippen molar-refractivity contribution < 1.29 is 0 Å². The second-order valence-corrected chi connectivity index (χ2v) is 6.57. The van der Waals surface area contributed by atoms with E-state index in [4.69, 9.17) is 5.73 Å². The summed E-state index contributed by atoms with van der Waals surface area (Å²) in [4.78, 5) is 1.24. The Bertz CT molecular complexity index is 557. The Labute approximate surface area is 120 Å². The lowest BCUT2D eigenvalue weighted by Gasteiger charge is -2.21. The molecule has 2 N–H and O–H groups in total. The molecular weight excluding hydrogens is 310 g/mol. The van der Waals surface area contributed by atoms with Crippen LogP contribution in [0.5, 0.6) is 0 Å². The van der Waals surface area contributed by atoms with Crippen molar-refractivity contribution in [3.05, 3.63) is 37.7 Å². The lowest BCUT2D eigenvalue weighted by molar-refractivity contribution is 0.449. The van der Waals surface area contributed by atoms with Crippen LogP contribution in [-0.4, -0.2) is 15.8 Å². The summed E-state index contributed by atoms with van der Waals surface area (Å²) >= 11 is 5.22. The van der Waals surface area contributed by atoms with E-state index in [9.17, 15) is 0 Å². The van der Waals surface area contributed by atoms with E-state index >= 15 is 0 Å². The summed E-state index contributed by atoms with van der Waals surface area (Å²) in [5.74, 6) is 0. The van der Waals surface area contributed by atoms with Gasteiger partial charge in [-0.25, -0.2) is 0 Å². The van der Waals surface area contributed by atoms with Gasteiger partial charge in [0, 0.05) is 26.5 Å². The molecule has 2 atom stereocenters. The van der Waals surface area contributed by atoms with Crippen molar-refractivity contribution in [2.75, 3.05) is 0 Å². The van der Waals surface area contributed by atoms with E-state index in [2.05, 4.69) is 51.0 Å². The van der Waals surface area contributed by atoms with Crippen LogP contribution in [0.4, 0.5) is 0 Å². The monoisotopic (exact) mass is 327 g/mol. The first-order valence-electron chi connectivity index (χ1n) is 5.93. The van der Waals surface area contributed by atoms with E-state index in [1.165, 1.54) is 16.1 Å². The topological polar surface area (TPSA) is 43.8 Å². The van der Waals surface area contributed by atoms with Gasteiger partial charge in [-0.1, -0.05) is 0 Å². The Balaban J connectivity index is 2.51. The van der Waals surface area contributed by atoms with Crippen LogP contribution in [0.1, 0.15) is 34.8 Å². The zero-order chi connectivity index (χ0) is 13.4. The molecule has 2 aromatic heterocycles. The number of hydrogen-bond acceptors (Lipinski definition) is 3. The average Bonchev–Trinajstić information content (AvgIpc) is 2.80. The van der Waals surface area contributed by atoms with Gasteiger partial charge in [-0.3, -0.25) is 4.68 Å². The average molecular weight is 328 g/mol. The van der Waals surface area contributed by atoms with E-state index < -0.39 is 0 Å². The maximum Gasteiger partial charge on any atom is 0.101 e. The number of rotatable bonds is 3. The lowest BCUT2D eigenvalue weighted by Crippen LogP contribution is -2.31. The number of halogens is 1. The Morgan fingerprint density at radius 3 is 2.44 bits per heavy atom. The normalized spacial score (nSPS) is 14.8. The molecule has 0 radical (unpaired) electrons. The van der Waals surface area contributed by atoms with E-state index in [-0.39, 0.29) is 12.1 Å². The predicted octanol–water partition coefficient (Wildman–Crippen LogP) is 3.57. The Morgan fingerprint density at radius 2 is 2.06 bits per heavy atom. The maximum absolute atomic E-state index is 6.17. The molecule has 0 fully saturated rings. The minimum Gasteiger partial charge on any atom is -0.326 e. The van der Waals surface area contributed by atoms with Crippen LogP contribution in [0.3, 0.4) is 0 Å². The molecule has 0 saturated heterocycles. The molecule has 0 aliphatic heterocycles. The molecular formula is C13H18BrN3S. The summed E-state index contributed by atoms with van der Waals surface area (Å²) in [6.07, 6.45) is 0. The molecule has 0 saturated carbocycles. The molecule has 0 spiro atoms. The molecule has 0 bridgehead atoms. The third-order valence-corrected chi connectivity index (χ3v) is 5.09. The van der Waals surface area contributed by atoms with Crippen LogP contribution >= 0.6 is 27.3 Å². The molecule has 3 nitrogen and oxygen atoms in total. The Morgan fingerprint density at radius 1 is 1.39 bits per heavy atom. The summed E-state index contributed by atoms with van der Waals surface area (Å²) in [5.41, 5.74) is 9.69. The summed E-state index contributed by atoms with van der Waals surface area (Å²) in [7, 11) is 0. The number of aryl methyl sites for hydroxylation is 1. The van der Waals surface area contributed by atoms with Gasteiger partial charge in [0.15, 0.2) is 0 Å². The molecule has 5 heteroatoms. The van der Waals surface area contributed by atoms with Crippen LogP contribution in [0, 0.1) is 20.8 Å². The highest BCUT2D eigenvalue weighted by Gasteiger charge is 2.23. The third-order valence-electron chi connectivity index (χ3n) is 3.33. The van der Waals surface area contributed by atoms with Crippen molar-refractivity contribution in [3.8, 4) is 0 Å². The molecule has 0 aliphatic rings. The van der Waals surface area contributed by atoms with Gasteiger partial charge in [0.2, 0.25) is 0 Å².